The molecule has 0 aromatic carbocycles. The SMILES string of the molecule is CCCN(CCC)c1nc(NC)cn2ccnc12. The van der Waals surface area contributed by atoms with Gasteiger partial charge in [0, 0.05) is 32.5 Å². The number of aromatic nitrogens is 3. The maximum absolute atomic E-state index is 4.66. The molecule has 18 heavy (non-hydrogen) atoms. The van der Waals surface area contributed by atoms with E-state index in [0.29, 0.717) is 0 Å². The van der Waals surface area contributed by atoms with Gasteiger partial charge in [-0.3, -0.25) is 0 Å². The second kappa shape index (κ2) is 5.71. The van der Waals surface area contributed by atoms with Crippen LogP contribution in [-0.2, 0) is 0 Å². The summed E-state index contributed by atoms with van der Waals surface area (Å²) in [5.41, 5.74) is 0.927. The highest BCUT2D eigenvalue weighted by Crippen LogP contribution is 2.21. The van der Waals surface area contributed by atoms with Gasteiger partial charge in [0.25, 0.3) is 0 Å². The van der Waals surface area contributed by atoms with Crippen LogP contribution in [0.4, 0.5) is 11.6 Å². The lowest BCUT2D eigenvalue weighted by Gasteiger charge is -2.23. The van der Waals surface area contributed by atoms with Crippen molar-refractivity contribution in [1.29, 1.82) is 0 Å². The zero-order valence-electron chi connectivity index (χ0n) is 11.3. The predicted molar refractivity (Wildman–Crippen MR) is 75.3 cm³/mol. The number of nitrogens with zero attached hydrogens (tertiary/aromatic N) is 4. The van der Waals surface area contributed by atoms with E-state index in [1.54, 1.807) is 0 Å². The fourth-order valence-electron chi connectivity index (χ4n) is 2.11. The Bertz CT molecular complexity index is 499. The van der Waals surface area contributed by atoms with Gasteiger partial charge in [0.1, 0.15) is 5.82 Å². The average molecular weight is 247 g/mol. The van der Waals surface area contributed by atoms with Crippen LogP contribution in [0.25, 0.3) is 5.65 Å². The Balaban J connectivity index is 2.48. The lowest BCUT2D eigenvalue weighted by molar-refractivity contribution is 0.734. The van der Waals surface area contributed by atoms with E-state index < -0.39 is 0 Å². The average Bonchev–Trinajstić information content (AvgIpc) is 2.85. The quantitative estimate of drug-likeness (QED) is 0.851. The molecule has 0 saturated heterocycles. The van der Waals surface area contributed by atoms with E-state index in [1.165, 1.54) is 0 Å². The summed E-state index contributed by atoms with van der Waals surface area (Å²) in [5, 5.41) is 3.10. The molecule has 0 atom stereocenters. The van der Waals surface area contributed by atoms with Crippen LogP contribution in [0.3, 0.4) is 0 Å². The predicted octanol–water partition coefficient (Wildman–Crippen LogP) is 2.40. The second-order valence-electron chi connectivity index (χ2n) is 4.34. The van der Waals surface area contributed by atoms with Crippen LogP contribution < -0.4 is 10.2 Å². The van der Waals surface area contributed by atoms with Crippen molar-refractivity contribution in [2.75, 3.05) is 30.4 Å². The summed E-state index contributed by atoms with van der Waals surface area (Å²) in [4.78, 5) is 11.4. The molecule has 5 nitrogen and oxygen atoms in total. The minimum Gasteiger partial charge on any atom is -0.372 e. The van der Waals surface area contributed by atoms with Crippen molar-refractivity contribution >= 4 is 17.3 Å². The van der Waals surface area contributed by atoms with E-state index in [-0.39, 0.29) is 0 Å². The Morgan fingerprint density at radius 1 is 1.28 bits per heavy atom. The van der Waals surface area contributed by atoms with E-state index >= 15 is 0 Å². The smallest absolute Gasteiger partial charge is 0.180 e. The molecule has 0 unspecified atom stereocenters. The van der Waals surface area contributed by atoms with Crippen molar-refractivity contribution in [1.82, 2.24) is 14.4 Å². The third-order valence-electron chi connectivity index (χ3n) is 2.90. The summed E-state index contributed by atoms with van der Waals surface area (Å²) in [7, 11) is 1.89. The Kier molecular flexibility index (Phi) is 4.02. The molecule has 0 bridgehead atoms. The highest BCUT2D eigenvalue weighted by atomic mass is 15.2. The molecule has 5 heteroatoms. The van der Waals surface area contributed by atoms with Crippen LogP contribution in [-0.4, -0.2) is 34.5 Å². The molecule has 2 aromatic heterocycles. The molecule has 1 N–H and O–H groups in total. The van der Waals surface area contributed by atoms with Crippen LogP contribution in [0, 0.1) is 0 Å². The van der Waals surface area contributed by atoms with Crippen molar-refractivity contribution in [2.24, 2.45) is 0 Å². The van der Waals surface area contributed by atoms with Gasteiger partial charge in [-0.2, -0.15) is 0 Å². The standard InChI is InChI=1S/C13H21N5/c1-4-7-17(8-5-2)13-12-15-6-9-18(12)10-11(14-3)16-13/h6,9-10,14H,4-5,7-8H2,1-3H3. The highest BCUT2D eigenvalue weighted by Gasteiger charge is 2.13. The summed E-state index contributed by atoms with van der Waals surface area (Å²) < 4.78 is 2.02. The molecular formula is C13H21N5. The van der Waals surface area contributed by atoms with Crippen molar-refractivity contribution in [3.05, 3.63) is 18.6 Å². The van der Waals surface area contributed by atoms with Gasteiger partial charge in [-0.25, -0.2) is 9.97 Å². The highest BCUT2D eigenvalue weighted by molar-refractivity contribution is 5.66. The molecule has 0 fully saturated rings. The first-order chi connectivity index (χ1) is 8.80. The summed E-state index contributed by atoms with van der Waals surface area (Å²) in [5.74, 6) is 1.84. The first kappa shape index (κ1) is 12.7. The molecular weight excluding hydrogens is 226 g/mol. The first-order valence-electron chi connectivity index (χ1n) is 6.56. The van der Waals surface area contributed by atoms with Gasteiger partial charge < -0.3 is 14.6 Å². The third kappa shape index (κ3) is 2.39. The molecule has 0 amide bonds. The topological polar surface area (TPSA) is 45.5 Å². The second-order valence-corrected chi connectivity index (χ2v) is 4.34. The van der Waals surface area contributed by atoms with Gasteiger partial charge in [0.05, 0.1) is 6.20 Å². The number of hydrogen-bond donors (Lipinski definition) is 1. The summed E-state index contributed by atoms with van der Waals surface area (Å²) in [6.45, 7) is 6.40. The first-order valence-corrected chi connectivity index (χ1v) is 6.56. The van der Waals surface area contributed by atoms with Crippen molar-refractivity contribution in [3.63, 3.8) is 0 Å². The van der Waals surface area contributed by atoms with Gasteiger partial charge >= 0.3 is 0 Å². The third-order valence-corrected chi connectivity index (χ3v) is 2.90. The molecule has 2 aromatic rings. The minimum atomic E-state index is 0.868. The van der Waals surface area contributed by atoms with E-state index in [2.05, 4.69) is 34.0 Å². The van der Waals surface area contributed by atoms with Crippen molar-refractivity contribution < 1.29 is 0 Å². The number of fused-ring (bicyclic) bond motifs is 1. The summed E-state index contributed by atoms with van der Waals surface area (Å²) >= 11 is 0. The Morgan fingerprint density at radius 3 is 2.61 bits per heavy atom. The maximum Gasteiger partial charge on any atom is 0.180 e. The van der Waals surface area contributed by atoms with Crippen LogP contribution in [0.15, 0.2) is 18.6 Å². The zero-order valence-corrected chi connectivity index (χ0v) is 11.3. The monoisotopic (exact) mass is 247 g/mol. The molecule has 0 aliphatic carbocycles. The molecule has 2 heterocycles. The molecule has 98 valence electrons. The number of hydrogen-bond acceptors (Lipinski definition) is 4. The maximum atomic E-state index is 4.66. The minimum absolute atomic E-state index is 0.868. The van der Waals surface area contributed by atoms with E-state index in [4.69, 9.17) is 0 Å². The fraction of sp³-hybridized carbons (Fsp3) is 0.538. The summed E-state index contributed by atoms with van der Waals surface area (Å²) in [6.07, 6.45) is 7.95. The molecule has 2 rings (SSSR count). The molecule has 0 spiro atoms. The van der Waals surface area contributed by atoms with E-state index in [9.17, 15) is 0 Å². The molecule has 0 aliphatic heterocycles. The van der Waals surface area contributed by atoms with Gasteiger partial charge in [0.15, 0.2) is 11.5 Å². The van der Waals surface area contributed by atoms with Crippen LogP contribution in [0.2, 0.25) is 0 Å². The van der Waals surface area contributed by atoms with Crippen molar-refractivity contribution in [2.45, 2.75) is 26.7 Å². The lowest BCUT2D eigenvalue weighted by Crippen LogP contribution is -2.26. The van der Waals surface area contributed by atoms with E-state index in [0.717, 1.165) is 43.2 Å². The van der Waals surface area contributed by atoms with Gasteiger partial charge in [-0.1, -0.05) is 13.8 Å². The largest absolute Gasteiger partial charge is 0.372 e. The number of anilines is 2. The fourth-order valence-corrected chi connectivity index (χ4v) is 2.11. The Labute approximate surface area is 108 Å². The normalized spacial score (nSPS) is 10.8. The van der Waals surface area contributed by atoms with Gasteiger partial charge in [-0.05, 0) is 12.8 Å². The Morgan fingerprint density at radius 2 is 2.00 bits per heavy atom. The number of nitrogens with one attached hydrogen (secondary N) is 1. The lowest BCUT2D eigenvalue weighted by atomic mass is 10.3. The van der Waals surface area contributed by atoms with E-state index in [1.807, 2.05) is 30.0 Å². The van der Waals surface area contributed by atoms with Crippen LogP contribution in [0.1, 0.15) is 26.7 Å². The number of rotatable bonds is 6. The Hall–Kier alpha value is -1.78. The molecule has 0 saturated carbocycles. The molecule has 0 radical (unpaired) electrons. The van der Waals surface area contributed by atoms with Gasteiger partial charge in [0.2, 0.25) is 0 Å². The van der Waals surface area contributed by atoms with Crippen molar-refractivity contribution in [3.8, 4) is 0 Å². The van der Waals surface area contributed by atoms with Crippen LogP contribution >= 0.6 is 0 Å². The zero-order chi connectivity index (χ0) is 13.0. The van der Waals surface area contributed by atoms with Crippen LogP contribution in [0.5, 0.6) is 0 Å². The summed E-state index contributed by atoms with van der Waals surface area (Å²) in [6, 6.07) is 0. The van der Waals surface area contributed by atoms with Gasteiger partial charge in [-0.15, -0.1) is 0 Å². The number of imidazole rings is 1. The molecule has 0 aliphatic rings.